The Labute approximate surface area is 514 Å². The first kappa shape index (κ1) is 72.3. The fourth-order valence-corrected chi connectivity index (χ4v) is 10.6. The number of Topliss-reactive ketones (excluding diaryl/α,β-unsaturated/α-hetero) is 2. The van der Waals surface area contributed by atoms with Crippen molar-refractivity contribution in [1.82, 2.24) is 12.9 Å². The molecule has 9 rings (SSSR count). The third kappa shape index (κ3) is 21.3. The van der Waals surface area contributed by atoms with Crippen LogP contribution in [0.5, 0.6) is 17.2 Å². The van der Waals surface area contributed by atoms with Gasteiger partial charge in [0.2, 0.25) is 0 Å². The lowest BCUT2D eigenvalue weighted by atomic mass is 9.68. The van der Waals surface area contributed by atoms with Crippen molar-refractivity contribution in [2.45, 2.75) is 96.3 Å². The largest absolute Gasteiger partial charge is 0.508 e. The van der Waals surface area contributed by atoms with E-state index in [1.807, 2.05) is 18.2 Å². The van der Waals surface area contributed by atoms with E-state index in [1.54, 1.807) is 38.1 Å². The van der Waals surface area contributed by atoms with Crippen LogP contribution >= 0.6 is 0 Å². The molecule has 28 heteroatoms. The summed E-state index contributed by atoms with van der Waals surface area (Å²) in [5.41, 5.74) is 14.2. The Morgan fingerprint density at radius 3 is 1.72 bits per heavy atom. The number of aryl methyl sites for hydroxylation is 2. The summed E-state index contributed by atoms with van der Waals surface area (Å²) >= 11 is 0. The number of fused-ring (bicyclic) bond motifs is 3. The minimum Gasteiger partial charge on any atom is -0.508 e. The number of ketones is 3. The van der Waals surface area contributed by atoms with E-state index in [0.29, 0.717) is 43.7 Å². The van der Waals surface area contributed by atoms with E-state index >= 15 is 0 Å². The second-order valence-electron chi connectivity index (χ2n) is 20.7. The average Bonchev–Trinajstić information content (AvgIpc) is 1.44. The molecule has 4 aliphatic carbocycles. The van der Waals surface area contributed by atoms with Crippen LogP contribution in [0.2, 0.25) is 0 Å². The highest BCUT2D eigenvalue weighted by Gasteiger charge is 2.51. The maximum absolute atomic E-state index is 12.7. The Morgan fingerprint density at radius 2 is 1.17 bits per heavy atom. The van der Waals surface area contributed by atoms with E-state index < -0.39 is 47.9 Å². The van der Waals surface area contributed by atoms with Gasteiger partial charge in [-0.25, -0.2) is 0 Å². The van der Waals surface area contributed by atoms with Gasteiger partial charge in [0, 0.05) is 89.4 Å². The smallest absolute Gasteiger partial charge is 0.324 e. The molecule has 2 saturated carbocycles. The summed E-state index contributed by atoms with van der Waals surface area (Å²) in [6.45, 7) is 3.86. The summed E-state index contributed by atoms with van der Waals surface area (Å²) < 4.78 is 96.2. The lowest BCUT2D eigenvalue weighted by Gasteiger charge is -2.34. The number of nitrogens with zero attached hydrogens (tertiary/aromatic N) is 4. The molecule has 0 spiro atoms. The number of allylic oxidation sites excluding steroid dienone is 4. The second-order valence-corrected chi connectivity index (χ2v) is 26.3. The van der Waals surface area contributed by atoms with Crippen molar-refractivity contribution in [1.29, 1.82) is 0 Å². The van der Waals surface area contributed by atoms with Crippen LogP contribution in [0, 0.1) is 5.92 Å². The summed E-state index contributed by atoms with van der Waals surface area (Å²) in [7, 11) is -2.46. The molecule has 1 heterocycles. The lowest BCUT2D eigenvalue weighted by Crippen LogP contribution is -2.47. The molecule has 4 aromatic carbocycles. The predicted octanol–water partition coefficient (Wildman–Crippen LogP) is 7.27. The number of anilines is 4. The number of furan rings is 1. The first-order valence-corrected chi connectivity index (χ1v) is 32.3. The van der Waals surface area contributed by atoms with Crippen LogP contribution in [-0.2, 0) is 82.3 Å². The van der Waals surface area contributed by atoms with Gasteiger partial charge in [-0.15, -0.1) is 0 Å². The number of esters is 2. The number of nitrogen functional groups attached to an aromatic ring is 2. The van der Waals surface area contributed by atoms with Crippen molar-refractivity contribution in [3.63, 3.8) is 0 Å². The minimum absolute atomic E-state index is 0.0553. The number of aromatic hydroxyl groups is 3. The average molecular weight is 1280 g/mol. The van der Waals surface area contributed by atoms with Gasteiger partial charge in [0.05, 0.1) is 30.3 Å². The molecule has 480 valence electrons. The van der Waals surface area contributed by atoms with E-state index in [1.165, 1.54) is 139 Å². The highest BCUT2D eigenvalue weighted by atomic mass is 32.2. The zero-order valence-electron chi connectivity index (χ0n) is 50.6. The molecular formula is C60H80N8O17S3. The molecule has 25 nitrogen and oxygen atoms in total. The molecule has 5 aromatic rings. The van der Waals surface area contributed by atoms with Crippen molar-refractivity contribution < 1.29 is 78.4 Å². The Balaban J connectivity index is 0.000000234. The van der Waals surface area contributed by atoms with Gasteiger partial charge in [0.25, 0.3) is 0 Å². The number of hydrogen-bond donors (Lipinski definition) is 7. The second kappa shape index (κ2) is 33.3. The topological polar surface area (TPSA) is 378 Å². The zero-order chi connectivity index (χ0) is 65.6. The highest BCUT2D eigenvalue weighted by molar-refractivity contribution is 7.90. The number of carbonyl (C=O) groups is 5. The quantitative estimate of drug-likeness (QED) is 0.0200. The molecule has 88 heavy (non-hydrogen) atoms. The number of hydrogen-bond acceptors (Lipinski definition) is 19. The van der Waals surface area contributed by atoms with Crippen LogP contribution in [0.4, 0.5) is 22.7 Å². The van der Waals surface area contributed by atoms with Gasteiger partial charge in [-0.2, -0.15) is 42.6 Å². The van der Waals surface area contributed by atoms with Crippen LogP contribution < -0.4 is 20.9 Å². The van der Waals surface area contributed by atoms with Crippen LogP contribution in [-0.4, -0.2) is 144 Å². The van der Waals surface area contributed by atoms with E-state index in [-0.39, 0.29) is 77.0 Å². The molecular weight excluding hydrogens is 1200 g/mol. The third-order valence-electron chi connectivity index (χ3n) is 13.6. The molecule has 1 aromatic heterocycles. The Bertz CT molecular complexity index is 3620. The zero-order valence-corrected chi connectivity index (χ0v) is 53.0. The number of ether oxygens (including phenoxy) is 2. The standard InChI is InChI=1S/C17H24N2O6S.C12H13NO.C9H14O3.C8H12N2O3S.C8H10N2O3S.C6H7NO/c1-4-25-16(22)17(10-6-5-7-15(17)21)13-11-12(8-9-14(13)20)18-26(23,24)19(2)3;13-8-5-6-12-10(7-8)9-3-1-2-4-11(9)14-12;1-2-12-9(11)7-5-3-4-6-8(7)10;2*1-10(2)14(12,13)9-7-3-5-8(11)6-4-7;7-5-1-3-6(8)4-2-5/h8-9,11,18,20H,4-7,10H2,1-3H3;5-7H,1-4,13H2;7H,2-6H2,1H3;3-6,9,11H,1-2H3;3-6H,1-2H3;1-4,8H,7H2. The number of nitrogens with one attached hydrogen (secondary N) is 2. The van der Waals surface area contributed by atoms with Gasteiger partial charge < -0.3 is 40.7 Å². The third-order valence-corrected chi connectivity index (χ3v) is 17.9. The predicted molar refractivity (Wildman–Crippen MR) is 337 cm³/mol. The van der Waals surface area contributed by atoms with Crippen molar-refractivity contribution in [3.8, 4) is 17.2 Å². The highest BCUT2D eigenvalue weighted by Crippen LogP contribution is 2.43. The Morgan fingerprint density at radius 1 is 0.636 bits per heavy atom. The molecule has 9 N–H and O–H groups in total. The van der Waals surface area contributed by atoms with Gasteiger partial charge in [0.1, 0.15) is 40.3 Å². The molecule has 0 amide bonds. The fourth-order valence-electron chi connectivity index (χ4n) is 8.80. The Hall–Kier alpha value is -8.15. The maximum atomic E-state index is 12.7. The molecule has 2 fully saturated rings. The summed E-state index contributed by atoms with van der Waals surface area (Å²) in [5.74, 6) is -0.681. The van der Waals surface area contributed by atoms with Crippen LogP contribution in [0.3, 0.4) is 0 Å². The molecule has 2 atom stereocenters. The van der Waals surface area contributed by atoms with Crippen molar-refractivity contribution in [3.05, 3.63) is 126 Å². The van der Waals surface area contributed by atoms with Gasteiger partial charge in [-0.3, -0.25) is 33.4 Å². The number of nitrogens with two attached hydrogens (primary N) is 2. The van der Waals surface area contributed by atoms with Crippen LogP contribution in [0.25, 0.3) is 11.0 Å². The van der Waals surface area contributed by atoms with E-state index in [9.17, 15) is 54.3 Å². The SMILES string of the molecule is CCOC(=O)C1(c2cc(NS(=O)(=O)N(C)C)ccc2O)CCCCC1=O.CCOC(=O)C1CCCCC1=O.CN(C)S(=O)(=O)N=C1C=CC(=O)C=C1.CN(C)S(=O)(=O)Nc1ccc(O)cc1.Nc1ccc(O)cc1.Nc1ccc2oc3c(c2c1)CCCC3. The van der Waals surface area contributed by atoms with E-state index in [2.05, 4.69) is 13.8 Å². The maximum Gasteiger partial charge on any atom is 0.324 e. The normalized spacial score (nSPS) is 17.2. The Kier molecular flexibility index (Phi) is 27.3. The van der Waals surface area contributed by atoms with E-state index in [4.69, 9.17) is 35.6 Å². The van der Waals surface area contributed by atoms with Crippen molar-refractivity contribution in [2.75, 3.05) is 76.4 Å². The molecule has 2 unspecified atom stereocenters. The summed E-state index contributed by atoms with van der Waals surface area (Å²) in [6, 6.07) is 22.1. The van der Waals surface area contributed by atoms with Crippen LogP contribution in [0.15, 0.2) is 118 Å². The minimum atomic E-state index is -3.77. The van der Waals surface area contributed by atoms with Gasteiger partial charge >= 0.3 is 42.6 Å². The molecule has 0 saturated heterocycles. The molecule has 4 aliphatic rings. The number of carbonyl (C=O) groups excluding carboxylic acids is 5. The number of phenols is 3. The number of phenolic OH excluding ortho intramolecular Hbond substituents is 3. The summed E-state index contributed by atoms with van der Waals surface area (Å²) in [4.78, 5) is 58.5. The van der Waals surface area contributed by atoms with Crippen LogP contribution in [0.1, 0.15) is 94.9 Å². The van der Waals surface area contributed by atoms with E-state index in [0.717, 1.165) is 49.9 Å². The molecule has 0 radical (unpaired) electrons. The number of rotatable bonds is 13. The first-order valence-electron chi connectivity index (χ1n) is 28.1. The van der Waals surface area contributed by atoms with Gasteiger partial charge in [-0.1, -0.05) is 12.8 Å². The monoisotopic (exact) mass is 1280 g/mol. The summed E-state index contributed by atoms with van der Waals surface area (Å²) in [6.07, 6.45) is 14.8. The van der Waals surface area contributed by atoms with Crippen molar-refractivity contribution >= 4 is 99.3 Å². The molecule has 0 aliphatic heterocycles. The summed E-state index contributed by atoms with van der Waals surface area (Å²) in [5, 5.41) is 29.2. The van der Waals surface area contributed by atoms with Gasteiger partial charge in [0.15, 0.2) is 17.0 Å². The lowest BCUT2D eigenvalue weighted by molar-refractivity contribution is -0.156. The van der Waals surface area contributed by atoms with Gasteiger partial charge in [-0.05, 0) is 168 Å². The van der Waals surface area contributed by atoms with Crippen molar-refractivity contribution in [2.24, 2.45) is 10.3 Å². The first-order chi connectivity index (χ1) is 41.4. The number of benzene rings is 4. The fraction of sp³-hybridized carbons (Fsp3) is 0.400. The molecule has 0 bridgehead atoms.